The Labute approximate surface area is 102 Å². The van der Waals surface area contributed by atoms with Gasteiger partial charge in [-0.1, -0.05) is 12.1 Å². The monoisotopic (exact) mass is 269 g/mol. The maximum Gasteiger partial charge on any atom is 0.407 e. The van der Waals surface area contributed by atoms with Crippen LogP contribution in [0.25, 0.3) is 0 Å². The van der Waals surface area contributed by atoms with Crippen LogP contribution in [0, 0.1) is 0 Å². The summed E-state index contributed by atoms with van der Waals surface area (Å²) in [5, 5.41) is 0. The van der Waals surface area contributed by atoms with Gasteiger partial charge in [-0.3, -0.25) is 0 Å². The van der Waals surface area contributed by atoms with E-state index < -0.39 is 18.2 Å². The van der Waals surface area contributed by atoms with Crippen LogP contribution in [0.15, 0.2) is 24.3 Å². The summed E-state index contributed by atoms with van der Waals surface area (Å²) in [5.41, 5.74) is 4.88. The van der Waals surface area contributed by atoms with Gasteiger partial charge in [0.25, 0.3) is 0 Å². The number of ether oxygens (including phenoxy) is 1. The van der Waals surface area contributed by atoms with Gasteiger partial charge in [0.2, 0.25) is 0 Å². The Hall–Kier alpha value is -1.27. The zero-order chi connectivity index (χ0) is 12.3. The Bertz CT molecular complexity index is 395. The molecular formula is C10H11ClF3NO2. The maximum atomic E-state index is 12.3. The van der Waals surface area contributed by atoms with Crippen molar-refractivity contribution in [3.63, 3.8) is 0 Å². The quantitative estimate of drug-likeness (QED) is 0.839. The third-order valence-electron chi connectivity index (χ3n) is 2.02. The molecule has 0 saturated carbocycles. The van der Waals surface area contributed by atoms with E-state index in [0.29, 0.717) is 0 Å². The highest BCUT2D eigenvalue weighted by Gasteiger charge is 2.37. The van der Waals surface area contributed by atoms with Crippen LogP contribution in [0.4, 0.5) is 13.2 Å². The molecule has 96 valence electrons. The van der Waals surface area contributed by atoms with Gasteiger partial charge in [0, 0.05) is 0 Å². The largest absolute Gasteiger partial charge is 0.465 e. The number of carbonyl (C=O) groups excluding carboxylic acids is 1. The van der Waals surface area contributed by atoms with Crippen LogP contribution >= 0.6 is 12.4 Å². The average Bonchev–Trinajstić information content (AvgIpc) is 2.26. The Balaban J connectivity index is 0.00000256. The molecule has 1 aromatic carbocycles. The van der Waals surface area contributed by atoms with Crippen LogP contribution in [0.5, 0.6) is 0 Å². The van der Waals surface area contributed by atoms with Gasteiger partial charge in [-0.05, 0) is 17.7 Å². The second kappa shape index (κ2) is 5.88. The number of hydrogen-bond acceptors (Lipinski definition) is 3. The second-order valence-corrected chi connectivity index (χ2v) is 3.14. The number of carbonyl (C=O) groups is 1. The lowest BCUT2D eigenvalue weighted by atomic mass is 10.0. The van der Waals surface area contributed by atoms with Gasteiger partial charge in [-0.2, -0.15) is 13.2 Å². The molecule has 7 heteroatoms. The highest BCUT2D eigenvalue weighted by Crippen LogP contribution is 2.30. The number of alkyl halides is 3. The molecule has 2 N–H and O–H groups in total. The van der Waals surface area contributed by atoms with Gasteiger partial charge in [0.1, 0.15) is 6.04 Å². The molecule has 0 fully saturated rings. The zero-order valence-corrected chi connectivity index (χ0v) is 9.64. The van der Waals surface area contributed by atoms with Crippen molar-refractivity contribution in [2.24, 2.45) is 5.73 Å². The summed E-state index contributed by atoms with van der Waals surface area (Å²) in [4.78, 5) is 11.1. The number of halogens is 4. The van der Waals surface area contributed by atoms with E-state index in [-0.39, 0.29) is 23.5 Å². The molecule has 3 nitrogen and oxygen atoms in total. The van der Waals surface area contributed by atoms with Crippen molar-refractivity contribution in [1.29, 1.82) is 0 Å². The summed E-state index contributed by atoms with van der Waals surface area (Å²) >= 11 is 0. The fourth-order valence-corrected chi connectivity index (χ4v) is 1.17. The van der Waals surface area contributed by atoms with Gasteiger partial charge in [-0.15, -0.1) is 12.4 Å². The molecule has 0 bridgehead atoms. The van der Waals surface area contributed by atoms with Crippen molar-refractivity contribution >= 4 is 18.4 Å². The highest BCUT2D eigenvalue weighted by atomic mass is 35.5. The summed E-state index contributed by atoms with van der Waals surface area (Å²) in [6, 6.07) is 2.87. The number of benzene rings is 1. The third-order valence-corrected chi connectivity index (χ3v) is 2.02. The van der Waals surface area contributed by atoms with Crippen molar-refractivity contribution in [1.82, 2.24) is 0 Å². The van der Waals surface area contributed by atoms with E-state index in [9.17, 15) is 18.0 Å². The first kappa shape index (κ1) is 15.7. The number of nitrogens with two attached hydrogens (primary N) is 1. The Kier molecular flexibility index (Phi) is 5.44. The number of methoxy groups -OCH3 is 1. The average molecular weight is 270 g/mol. The van der Waals surface area contributed by atoms with Crippen molar-refractivity contribution in [2.75, 3.05) is 7.11 Å². The minimum absolute atomic E-state index is 0. The minimum Gasteiger partial charge on any atom is -0.465 e. The van der Waals surface area contributed by atoms with Crippen molar-refractivity contribution in [2.45, 2.75) is 12.2 Å². The number of hydrogen-bond donors (Lipinski definition) is 1. The smallest absolute Gasteiger partial charge is 0.407 e. The van der Waals surface area contributed by atoms with Crippen LogP contribution in [0.3, 0.4) is 0 Å². The first-order chi connectivity index (χ1) is 7.36. The molecule has 1 aromatic rings. The molecular weight excluding hydrogens is 259 g/mol. The van der Waals surface area contributed by atoms with Crippen LogP contribution in [0.2, 0.25) is 0 Å². The first-order valence-corrected chi connectivity index (χ1v) is 4.37. The van der Waals surface area contributed by atoms with Gasteiger partial charge in [-0.25, -0.2) is 4.79 Å². The molecule has 0 aromatic heterocycles. The zero-order valence-electron chi connectivity index (χ0n) is 8.82. The summed E-state index contributed by atoms with van der Waals surface area (Å²) in [6.07, 6.45) is -4.53. The summed E-state index contributed by atoms with van der Waals surface area (Å²) in [5.74, 6) is -0.698. The molecule has 0 spiro atoms. The van der Waals surface area contributed by atoms with E-state index in [2.05, 4.69) is 4.74 Å². The summed E-state index contributed by atoms with van der Waals surface area (Å²) < 4.78 is 41.3. The van der Waals surface area contributed by atoms with E-state index in [0.717, 1.165) is 13.2 Å². The second-order valence-electron chi connectivity index (χ2n) is 3.14. The van der Waals surface area contributed by atoms with Gasteiger partial charge in [0.05, 0.1) is 12.7 Å². The van der Waals surface area contributed by atoms with E-state index in [1.807, 2.05) is 0 Å². The number of rotatable bonds is 2. The molecule has 0 aliphatic heterocycles. The van der Waals surface area contributed by atoms with Crippen molar-refractivity contribution < 1.29 is 22.7 Å². The normalized spacial score (nSPS) is 12.5. The molecule has 0 aliphatic carbocycles. The molecule has 0 saturated heterocycles. The van der Waals surface area contributed by atoms with Gasteiger partial charge in [0.15, 0.2) is 0 Å². The van der Waals surface area contributed by atoms with Crippen molar-refractivity contribution in [3.8, 4) is 0 Å². The van der Waals surface area contributed by atoms with Gasteiger partial charge >= 0.3 is 12.1 Å². The molecule has 0 radical (unpaired) electrons. The fourth-order valence-electron chi connectivity index (χ4n) is 1.17. The van der Waals surface area contributed by atoms with Gasteiger partial charge < -0.3 is 10.5 Å². The third kappa shape index (κ3) is 3.90. The Morgan fingerprint density at radius 1 is 1.41 bits per heavy atom. The van der Waals surface area contributed by atoms with E-state index in [1.54, 1.807) is 0 Å². The Morgan fingerprint density at radius 2 is 2.00 bits per heavy atom. The maximum absolute atomic E-state index is 12.3. The van der Waals surface area contributed by atoms with Crippen LogP contribution in [-0.2, 0) is 4.74 Å². The Morgan fingerprint density at radius 3 is 2.47 bits per heavy atom. The lowest BCUT2D eigenvalue weighted by Crippen LogP contribution is -2.28. The summed E-state index contributed by atoms with van der Waals surface area (Å²) in [6.45, 7) is 0. The summed E-state index contributed by atoms with van der Waals surface area (Å²) in [7, 11) is 1.15. The fraction of sp³-hybridized carbons (Fsp3) is 0.300. The van der Waals surface area contributed by atoms with Crippen LogP contribution in [-0.4, -0.2) is 19.3 Å². The first-order valence-electron chi connectivity index (χ1n) is 4.37. The number of esters is 1. The predicted molar refractivity (Wildman–Crippen MR) is 58.0 cm³/mol. The highest BCUT2D eigenvalue weighted by molar-refractivity contribution is 5.89. The minimum atomic E-state index is -4.53. The van der Waals surface area contributed by atoms with E-state index in [4.69, 9.17) is 5.73 Å². The molecule has 1 atom stereocenters. The topological polar surface area (TPSA) is 52.3 Å². The molecule has 17 heavy (non-hydrogen) atoms. The van der Waals surface area contributed by atoms with Crippen LogP contribution in [0.1, 0.15) is 22.0 Å². The molecule has 0 unspecified atom stereocenters. The van der Waals surface area contributed by atoms with E-state index in [1.165, 1.54) is 18.2 Å². The van der Waals surface area contributed by atoms with E-state index >= 15 is 0 Å². The van der Waals surface area contributed by atoms with Crippen LogP contribution < -0.4 is 5.73 Å². The molecule has 0 amide bonds. The van der Waals surface area contributed by atoms with Crippen molar-refractivity contribution in [3.05, 3.63) is 35.4 Å². The lowest BCUT2D eigenvalue weighted by Gasteiger charge is -2.16. The molecule has 0 heterocycles. The lowest BCUT2D eigenvalue weighted by molar-refractivity contribution is -0.149. The SMILES string of the molecule is COC(=O)c1cccc([C@@H](N)C(F)(F)F)c1.Cl. The standard InChI is InChI=1S/C10H10F3NO2.ClH/c1-16-9(15)7-4-2-3-6(5-7)8(14)10(11,12)13;/h2-5,8H,14H2,1H3;1H/t8-;/m1./s1. The predicted octanol–water partition coefficient (Wildman–Crippen LogP) is 2.46. The molecule has 1 rings (SSSR count). The molecule has 0 aliphatic rings.